The van der Waals surface area contributed by atoms with Gasteiger partial charge < -0.3 is 19.5 Å². The van der Waals surface area contributed by atoms with E-state index < -0.39 is 0 Å². The molecule has 2 fully saturated rings. The quantitative estimate of drug-likeness (QED) is 0.859. The molecule has 1 N–H and O–H groups in total. The molecule has 7 heteroatoms. The van der Waals surface area contributed by atoms with E-state index in [1.165, 1.54) is 0 Å². The second-order valence-electron chi connectivity index (χ2n) is 7.25. The summed E-state index contributed by atoms with van der Waals surface area (Å²) in [5.74, 6) is 0.798. The molecule has 1 aromatic carbocycles. The first-order chi connectivity index (χ1) is 13.2. The number of benzene rings is 1. The fourth-order valence-corrected chi connectivity index (χ4v) is 4.22. The lowest BCUT2D eigenvalue weighted by atomic mass is 10.1. The lowest BCUT2D eigenvalue weighted by molar-refractivity contribution is -0.143. The van der Waals surface area contributed by atoms with Gasteiger partial charge in [0.05, 0.1) is 36.9 Å². The molecule has 4 rings (SSSR count). The largest absolute Gasteiger partial charge is 0.480 e. The number of fused-ring (bicyclic) bond motifs is 2. The van der Waals surface area contributed by atoms with E-state index in [9.17, 15) is 9.90 Å². The topological polar surface area (TPSA) is 84.8 Å². The van der Waals surface area contributed by atoms with Gasteiger partial charge in [0.25, 0.3) is 0 Å². The molecule has 1 saturated carbocycles. The molecule has 1 aromatic heterocycles. The number of methoxy groups -OCH3 is 1. The minimum absolute atomic E-state index is 0.0508. The highest BCUT2D eigenvalue weighted by atomic mass is 16.5. The summed E-state index contributed by atoms with van der Waals surface area (Å²) in [5.41, 5.74) is 2.28. The van der Waals surface area contributed by atoms with Crippen molar-refractivity contribution >= 4 is 16.9 Å². The average molecular weight is 371 g/mol. The van der Waals surface area contributed by atoms with Gasteiger partial charge in [0.2, 0.25) is 11.8 Å². The second-order valence-corrected chi connectivity index (χ2v) is 7.25. The first kappa shape index (κ1) is 18.1. The van der Waals surface area contributed by atoms with Crippen LogP contribution in [0.15, 0.2) is 24.3 Å². The monoisotopic (exact) mass is 371 g/mol. The number of aryl methyl sites for hydroxylation is 1. The number of para-hydroxylation sites is 2. The molecule has 27 heavy (non-hydrogen) atoms. The predicted octanol–water partition coefficient (Wildman–Crippen LogP) is 1.57. The van der Waals surface area contributed by atoms with E-state index in [-0.39, 0.29) is 30.6 Å². The standard InChI is InChI=1S/C20H25N3O4/c1-26-20-16(21-14-4-2-3-5-15(14)22-20)6-7-19(25)23-8-9-27-18-11-13(12-24)10-17(18)23/h2-5,13,17-18,24H,6-12H2,1H3/t13-,17+,18+/m1/s1. The maximum Gasteiger partial charge on any atom is 0.235 e. The molecule has 7 nitrogen and oxygen atoms in total. The fraction of sp³-hybridized carbons (Fsp3) is 0.550. The lowest BCUT2D eigenvalue weighted by Gasteiger charge is -2.37. The van der Waals surface area contributed by atoms with Gasteiger partial charge in [0.1, 0.15) is 5.69 Å². The first-order valence-electron chi connectivity index (χ1n) is 9.51. The first-order valence-corrected chi connectivity index (χ1v) is 9.51. The van der Waals surface area contributed by atoms with Crippen LogP contribution < -0.4 is 4.74 Å². The number of amides is 1. The summed E-state index contributed by atoms with van der Waals surface area (Å²) in [4.78, 5) is 24.0. The Morgan fingerprint density at radius 3 is 2.81 bits per heavy atom. The number of hydrogen-bond acceptors (Lipinski definition) is 6. The molecular weight excluding hydrogens is 346 g/mol. The van der Waals surface area contributed by atoms with E-state index in [4.69, 9.17) is 9.47 Å². The molecule has 1 amide bonds. The van der Waals surface area contributed by atoms with Gasteiger partial charge in [-0.25, -0.2) is 9.97 Å². The third kappa shape index (κ3) is 3.61. The number of carbonyl (C=O) groups excluding carboxylic acids is 1. The summed E-state index contributed by atoms with van der Waals surface area (Å²) in [5, 5.41) is 9.45. The van der Waals surface area contributed by atoms with Gasteiger partial charge in [-0.1, -0.05) is 12.1 Å². The van der Waals surface area contributed by atoms with E-state index in [0.29, 0.717) is 37.6 Å². The van der Waals surface area contributed by atoms with Crippen LogP contribution in [0.25, 0.3) is 11.0 Å². The van der Waals surface area contributed by atoms with E-state index in [2.05, 4.69) is 9.97 Å². The Hall–Kier alpha value is -2.25. The number of ether oxygens (including phenoxy) is 2. The third-order valence-corrected chi connectivity index (χ3v) is 5.59. The number of aromatic nitrogens is 2. The van der Waals surface area contributed by atoms with Crippen molar-refractivity contribution in [3.05, 3.63) is 30.0 Å². The number of morpholine rings is 1. The molecule has 3 atom stereocenters. The summed E-state index contributed by atoms with van der Waals surface area (Å²) >= 11 is 0. The summed E-state index contributed by atoms with van der Waals surface area (Å²) in [6.07, 6.45) is 2.53. The summed E-state index contributed by atoms with van der Waals surface area (Å²) in [6.45, 7) is 1.32. The van der Waals surface area contributed by atoms with Crippen LogP contribution >= 0.6 is 0 Å². The molecular formula is C20H25N3O4. The fourth-order valence-electron chi connectivity index (χ4n) is 4.22. The van der Waals surface area contributed by atoms with Crippen LogP contribution in [0.1, 0.15) is 25.0 Å². The molecule has 2 heterocycles. The molecule has 0 spiro atoms. The Morgan fingerprint density at radius 1 is 1.30 bits per heavy atom. The highest BCUT2D eigenvalue weighted by Gasteiger charge is 2.42. The summed E-state index contributed by atoms with van der Waals surface area (Å²) in [7, 11) is 1.57. The van der Waals surface area contributed by atoms with Crippen molar-refractivity contribution in [2.24, 2.45) is 5.92 Å². The van der Waals surface area contributed by atoms with Crippen molar-refractivity contribution in [1.29, 1.82) is 0 Å². The van der Waals surface area contributed by atoms with Gasteiger partial charge >= 0.3 is 0 Å². The van der Waals surface area contributed by atoms with Crippen LogP contribution in [0.4, 0.5) is 0 Å². The minimum atomic E-state index is 0.0508. The van der Waals surface area contributed by atoms with E-state index in [1.54, 1.807) is 7.11 Å². The van der Waals surface area contributed by atoms with Crippen molar-refractivity contribution in [2.45, 2.75) is 37.8 Å². The maximum atomic E-state index is 12.9. The zero-order chi connectivity index (χ0) is 18.8. The summed E-state index contributed by atoms with van der Waals surface area (Å²) < 4.78 is 11.2. The van der Waals surface area contributed by atoms with Crippen molar-refractivity contribution in [2.75, 3.05) is 26.9 Å². The molecule has 2 aliphatic rings. The number of nitrogens with zero attached hydrogens (tertiary/aromatic N) is 3. The highest BCUT2D eigenvalue weighted by molar-refractivity contribution is 5.78. The smallest absolute Gasteiger partial charge is 0.235 e. The van der Waals surface area contributed by atoms with Gasteiger partial charge in [-0.3, -0.25) is 4.79 Å². The zero-order valence-corrected chi connectivity index (χ0v) is 15.5. The number of rotatable bonds is 5. The van der Waals surface area contributed by atoms with Gasteiger partial charge in [-0.05, 0) is 30.9 Å². The molecule has 144 valence electrons. The van der Waals surface area contributed by atoms with E-state index >= 15 is 0 Å². The normalized spacial score (nSPS) is 24.8. The number of aliphatic hydroxyl groups is 1. The molecule has 1 saturated heterocycles. The Balaban J connectivity index is 1.47. The maximum absolute atomic E-state index is 12.9. The molecule has 0 unspecified atom stereocenters. The third-order valence-electron chi connectivity index (χ3n) is 5.59. The molecule has 0 bridgehead atoms. The Labute approximate surface area is 158 Å². The molecule has 1 aliphatic heterocycles. The number of aliphatic hydroxyl groups excluding tert-OH is 1. The van der Waals surface area contributed by atoms with Gasteiger partial charge in [0.15, 0.2) is 0 Å². The van der Waals surface area contributed by atoms with Gasteiger partial charge in [-0.2, -0.15) is 0 Å². The van der Waals surface area contributed by atoms with Crippen LogP contribution in [0.2, 0.25) is 0 Å². The molecule has 0 radical (unpaired) electrons. The number of carbonyl (C=O) groups is 1. The molecule has 1 aliphatic carbocycles. The van der Waals surface area contributed by atoms with Crippen LogP contribution in [0.5, 0.6) is 5.88 Å². The zero-order valence-electron chi connectivity index (χ0n) is 15.5. The van der Waals surface area contributed by atoms with Gasteiger partial charge in [0, 0.05) is 26.0 Å². The Kier molecular flexibility index (Phi) is 5.22. The van der Waals surface area contributed by atoms with Crippen LogP contribution in [0, 0.1) is 5.92 Å². The van der Waals surface area contributed by atoms with Crippen LogP contribution in [0.3, 0.4) is 0 Å². The van der Waals surface area contributed by atoms with E-state index in [0.717, 1.165) is 23.9 Å². The van der Waals surface area contributed by atoms with Crippen molar-refractivity contribution in [3.63, 3.8) is 0 Å². The Bertz CT molecular complexity index is 828. The second kappa shape index (κ2) is 7.78. The Morgan fingerprint density at radius 2 is 2.07 bits per heavy atom. The van der Waals surface area contributed by atoms with Crippen molar-refractivity contribution < 1.29 is 19.4 Å². The average Bonchev–Trinajstić information content (AvgIpc) is 3.14. The number of hydrogen-bond donors (Lipinski definition) is 1. The van der Waals surface area contributed by atoms with Crippen LogP contribution in [-0.4, -0.2) is 64.9 Å². The van der Waals surface area contributed by atoms with Crippen molar-refractivity contribution in [3.8, 4) is 5.88 Å². The lowest BCUT2D eigenvalue weighted by Crippen LogP contribution is -2.51. The molecule has 2 aromatic rings. The van der Waals surface area contributed by atoms with E-state index in [1.807, 2.05) is 29.2 Å². The highest BCUT2D eigenvalue weighted by Crippen LogP contribution is 2.34. The SMILES string of the molecule is COc1nc2ccccc2nc1CCC(=O)N1CCO[C@H]2C[C@H](CO)C[C@@H]21. The van der Waals surface area contributed by atoms with Gasteiger partial charge in [-0.15, -0.1) is 0 Å². The predicted molar refractivity (Wildman–Crippen MR) is 99.5 cm³/mol. The summed E-state index contributed by atoms with van der Waals surface area (Å²) in [6, 6.07) is 7.71. The minimum Gasteiger partial charge on any atom is -0.480 e. The van der Waals surface area contributed by atoms with Crippen molar-refractivity contribution in [1.82, 2.24) is 14.9 Å². The van der Waals surface area contributed by atoms with Crippen LogP contribution in [-0.2, 0) is 16.0 Å².